The van der Waals surface area contributed by atoms with E-state index < -0.39 is 0 Å². The Morgan fingerprint density at radius 2 is 2.05 bits per heavy atom. The lowest BCUT2D eigenvalue weighted by molar-refractivity contribution is 0.0788. The minimum absolute atomic E-state index is 0.0714. The Morgan fingerprint density at radius 1 is 1.24 bits per heavy atom. The van der Waals surface area contributed by atoms with Crippen LogP contribution in [0.25, 0.3) is 10.9 Å². The third kappa shape index (κ3) is 1.99. The summed E-state index contributed by atoms with van der Waals surface area (Å²) in [6.45, 7) is 1.40. The van der Waals surface area contributed by atoms with Crippen molar-refractivity contribution in [1.82, 2.24) is 24.9 Å². The lowest BCUT2D eigenvalue weighted by Crippen LogP contribution is -2.29. The molecule has 1 aromatic carbocycles. The van der Waals surface area contributed by atoms with Gasteiger partial charge >= 0.3 is 0 Å². The monoisotopic (exact) mass is 281 g/mol. The Balaban J connectivity index is 1.58. The third-order valence-electron chi connectivity index (χ3n) is 4.03. The lowest BCUT2D eigenvalue weighted by atomic mass is 10.1. The molecule has 1 N–H and O–H groups in total. The Labute approximate surface area is 121 Å². The van der Waals surface area contributed by atoms with Gasteiger partial charge in [0, 0.05) is 30.2 Å². The lowest BCUT2D eigenvalue weighted by Gasteiger charge is -2.15. The molecule has 1 atom stereocenters. The van der Waals surface area contributed by atoms with Gasteiger partial charge in [-0.1, -0.05) is 18.2 Å². The van der Waals surface area contributed by atoms with Crippen LogP contribution in [0.15, 0.2) is 42.9 Å². The largest absolute Gasteiger partial charge is 0.360 e. The highest BCUT2D eigenvalue weighted by Gasteiger charge is 2.29. The molecule has 1 aliphatic rings. The molecule has 3 heterocycles. The minimum Gasteiger partial charge on any atom is -0.360 e. The fourth-order valence-corrected chi connectivity index (χ4v) is 2.95. The van der Waals surface area contributed by atoms with Crippen molar-refractivity contribution >= 4 is 16.8 Å². The maximum Gasteiger partial charge on any atom is 0.256 e. The minimum atomic E-state index is 0.0714. The molecule has 1 saturated heterocycles. The second kappa shape index (κ2) is 4.73. The molecule has 4 rings (SSSR count). The van der Waals surface area contributed by atoms with Gasteiger partial charge in [0.15, 0.2) is 0 Å². The van der Waals surface area contributed by atoms with Crippen molar-refractivity contribution in [2.45, 2.75) is 12.5 Å². The summed E-state index contributed by atoms with van der Waals surface area (Å²) in [6.07, 6.45) is 6.03. The van der Waals surface area contributed by atoms with E-state index in [0.717, 1.165) is 29.4 Å². The van der Waals surface area contributed by atoms with E-state index in [9.17, 15) is 4.79 Å². The third-order valence-corrected chi connectivity index (χ3v) is 4.03. The normalized spacial score (nSPS) is 18.5. The molecule has 1 amide bonds. The molecule has 0 spiro atoms. The summed E-state index contributed by atoms with van der Waals surface area (Å²) in [6, 6.07) is 8.04. The average molecular weight is 281 g/mol. The number of amides is 1. The van der Waals surface area contributed by atoms with E-state index in [1.165, 1.54) is 0 Å². The predicted molar refractivity (Wildman–Crippen MR) is 77.9 cm³/mol. The van der Waals surface area contributed by atoms with Gasteiger partial charge < -0.3 is 9.88 Å². The highest BCUT2D eigenvalue weighted by molar-refractivity contribution is 6.06. The van der Waals surface area contributed by atoms with Gasteiger partial charge in [-0.15, -0.1) is 0 Å². The van der Waals surface area contributed by atoms with Crippen molar-refractivity contribution in [3.05, 3.63) is 48.4 Å². The van der Waals surface area contributed by atoms with E-state index in [1.807, 2.05) is 29.2 Å². The summed E-state index contributed by atoms with van der Waals surface area (Å²) in [5.74, 6) is 0.0714. The highest BCUT2D eigenvalue weighted by atomic mass is 16.2. The molecule has 1 unspecified atom stereocenters. The van der Waals surface area contributed by atoms with Crippen LogP contribution in [-0.4, -0.2) is 43.9 Å². The number of nitrogens with zero attached hydrogens (tertiary/aromatic N) is 4. The number of benzene rings is 1. The molecule has 6 nitrogen and oxygen atoms in total. The van der Waals surface area contributed by atoms with E-state index in [1.54, 1.807) is 23.4 Å². The van der Waals surface area contributed by atoms with Gasteiger partial charge in [-0.2, -0.15) is 15.0 Å². The van der Waals surface area contributed by atoms with Gasteiger partial charge in [0.2, 0.25) is 0 Å². The van der Waals surface area contributed by atoms with E-state index >= 15 is 0 Å². The standard InChI is InChI=1S/C15H15N5O/c21-15(13-9-16-14-4-2-1-3-12(13)14)19-8-5-11(10-19)20-17-6-7-18-20/h1-4,6-7,9,11,16H,5,8,10H2. The quantitative estimate of drug-likeness (QED) is 0.779. The summed E-state index contributed by atoms with van der Waals surface area (Å²) in [5, 5.41) is 9.31. The van der Waals surface area contributed by atoms with Crippen molar-refractivity contribution in [1.29, 1.82) is 0 Å². The summed E-state index contributed by atoms with van der Waals surface area (Å²) >= 11 is 0. The molecule has 21 heavy (non-hydrogen) atoms. The molecule has 1 aliphatic heterocycles. The van der Waals surface area contributed by atoms with Crippen LogP contribution in [0.1, 0.15) is 22.8 Å². The molecule has 0 radical (unpaired) electrons. The number of nitrogens with one attached hydrogen (secondary N) is 1. The summed E-state index contributed by atoms with van der Waals surface area (Å²) in [4.78, 5) is 19.4. The molecule has 2 aromatic heterocycles. The van der Waals surface area contributed by atoms with Crippen molar-refractivity contribution in [3.8, 4) is 0 Å². The fourth-order valence-electron chi connectivity index (χ4n) is 2.95. The predicted octanol–water partition coefficient (Wildman–Crippen LogP) is 1.85. The van der Waals surface area contributed by atoms with Gasteiger partial charge in [-0.25, -0.2) is 0 Å². The zero-order valence-electron chi connectivity index (χ0n) is 11.4. The van der Waals surface area contributed by atoms with Gasteiger partial charge in [0.05, 0.1) is 24.0 Å². The van der Waals surface area contributed by atoms with Gasteiger partial charge in [-0.3, -0.25) is 4.79 Å². The first kappa shape index (κ1) is 12.1. The molecule has 106 valence electrons. The molecule has 1 fully saturated rings. The van der Waals surface area contributed by atoms with E-state index in [4.69, 9.17) is 0 Å². The van der Waals surface area contributed by atoms with Crippen LogP contribution >= 0.6 is 0 Å². The fraction of sp³-hybridized carbons (Fsp3) is 0.267. The van der Waals surface area contributed by atoms with Crippen molar-refractivity contribution in [3.63, 3.8) is 0 Å². The Kier molecular flexibility index (Phi) is 2.73. The second-order valence-corrected chi connectivity index (χ2v) is 5.29. The molecule has 0 bridgehead atoms. The number of carbonyl (C=O) groups excluding carboxylic acids is 1. The first-order valence-corrected chi connectivity index (χ1v) is 7.04. The van der Waals surface area contributed by atoms with Gasteiger partial charge in [0.25, 0.3) is 5.91 Å². The van der Waals surface area contributed by atoms with Crippen molar-refractivity contribution in [2.24, 2.45) is 0 Å². The van der Waals surface area contributed by atoms with Gasteiger partial charge in [0.1, 0.15) is 0 Å². The second-order valence-electron chi connectivity index (χ2n) is 5.29. The van der Waals surface area contributed by atoms with E-state index in [0.29, 0.717) is 6.54 Å². The number of carbonyl (C=O) groups is 1. The smallest absolute Gasteiger partial charge is 0.256 e. The number of para-hydroxylation sites is 1. The Hall–Kier alpha value is -2.63. The highest BCUT2D eigenvalue weighted by Crippen LogP contribution is 2.24. The van der Waals surface area contributed by atoms with Crippen LogP contribution in [0.3, 0.4) is 0 Å². The number of fused-ring (bicyclic) bond motifs is 1. The van der Waals surface area contributed by atoms with E-state index in [-0.39, 0.29) is 11.9 Å². The first-order valence-electron chi connectivity index (χ1n) is 7.04. The van der Waals surface area contributed by atoms with Crippen LogP contribution in [0.2, 0.25) is 0 Å². The number of aromatic amines is 1. The molecule has 6 heteroatoms. The van der Waals surface area contributed by atoms with Crippen molar-refractivity contribution < 1.29 is 4.79 Å². The number of rotatable bonds is 2. The number of H-pyrrole nitrogens is 1. The molecular weight excluding hydrogens is 266 g/mol. The average Bonchev–Trinajstić information content (AvgIpc) is 3.25. The molecular formula is C15H15N5O. The number of likely N-dealkylation sites (tertiary alicyclic amines) is 1. The maximum absolute atomic E-state index is 12.7. The van der Waals surface area contributed by atoms with Crippen LogP contribution < -0.4 is 0 Å². The molecule has 0 saturated carbocycles. The molecule has 0 aliphatic carbocycles. The zero-order valence-corrected chi connectivity index (χ0v) is 11.4. The Morgan fingerprint density at radius 3 is 2.90 bits per heavy atom. The Bertz CT molecular complexity index is 776. The van der Waals surface area contributed by atoms with Crippen LogP contribution in [0, 0.1) is 0 Å². The van der Waals surface area contributed by atoms with Crippen LogP contribution in [0.5, 0.6) is 0 Å². The number of hydrogen-bond donors (Lipinski definition) is 1. The van der Waals surface area contributed by atoms with Crippen LogP contribution in [0.4, 0.5) is 0 Å². The van der Waals surface area contributed by atoms with Crippen molar-refractivity contribution in [2.75, 3.05) is 13.1 Å². The maximum atomic E-state index is 12.7. The summed E-state index contributed by atoms with van der Waals surface area (Å²) in [7, 11) is 0. The summed E-state index contributed by atoms with van der Waals surface area (Å²) < 4.78 is 0. The van der Waals surface area contributed by atoms with E-state index in [2.05, 4.69) is 15.2 Å². The summed E-state index contributed by atoms with van der Waals surface area (Å²) in [5.41, 5.74) is 1.73. The van der Waals surface area contributed by atoms with Crippen LogP contribution in [-0.2, 0) is 0 Å². The number of aromatic nitrogens is 4. The SMILES string of the molecule is O=C(c1c[nH]c2ccccc12)N1CCC(n2nccn2)C1. The number of hydrogen-bond acceptors (Lipinski definition) is 3. The van der Waals surface area contributed by atoms with Gasteiger partial charge in [-0.05, 0) is 12.5 Å². The topological polar surface area (TPSA) is 66.8 Å². The zero-order chi connectivity index (χ0) is 14.2. The first-order chi connectivity index (χ1) is 10.3. The molecule has 3 aromatic rings.